The Balaban J connectivity index is 1.12. The first kappa shape index (κ1) is 28.5. The molecule has 8 rings (SSSR count). The summed E-state index contributed by atoms with van der Waals surface area (Å²) in [4.78, 5) is 7.47. The second-order valence-corrected chi connectivity index (χ2v) is 12.0. The molecule has 226 valence electrons. The second kappa shape index (κ2) is 12.5. The normalized spacial score (nSPS) is 13.6. The van der Waals surface area contributed by atoms with Gasteiger partial charge in [0.2, 0.25) is 0 Å². The Morgan fingerprint density at radius 2 is 0.979 bits per heavy atom. The summed E-state index contributed by atoms with van der Waals surface area (Å²) in [6.45, 7) is 2.23. The summed E-state index contributed by atoms with van der Waals surface area (Å²) in [5.74, 6) is 0. The molecule has 7 aromatic rings. The van der Waals surface area contributed by atoms with Crippen molar-refractivity contribution < 1.29 is 0 Å². The maximum absolute atomic E-state index is 5.05. The molecule has 0 aliphatic carbocycles. The Hall–Kier alpha value is -5.93. The number of nitrogens with zero attached hydrogens (tertiary/aromatic N) is 2. The van der Waals surface area contributed by atoms with E-state index in [4.69, 9.17) is 4.98 Å². The molecule has 0 fully saturated rings. The molecule has 47 heavy (non-hydrogen) atoms. The summed E-state index contributed by atoms with van der Waals surface area (Å²) in [5.41, 5.74) is 14.9. The fourth-order valence-corrected chi connectivity index (χ4v) is 6.66. The van der Waals surface area contributed by atoms with Gasteiger partial charge in [-0.1, -0.05) is 140 Å². The van der Waals surface area contributed by atoms with Crippen molar-refractivity contribution in [2.45, 2.75) is 19.5 Å². The van der Waals surface area contributed by atoms with Crippen LogP contribution < -0.4 is 10.2 Å². The molecule has 3 nitrogen and oxygen atoms in total. The maximum Gasteiger partial charge on any atom is 0.104 e. The quantitative estimate of drug-likeness (QED) is 0.196. The fourth-order valence-electron chi connectivity index (χ4n) is 6.66. The average molecular weight is 606 g/mol. The third kappa shape index (κ3) is 5.57. The second-order valence-electron chi connectivity index (χ2n) is 12.0. The van der Waals surface area contributed by atoms with Crippen LogP contribution in [0.25, 0.3) is 55.9 Å². The molecule has 1 unspecified atom stereocenters. The minimum atomic E-state index is 0.247. The summed E-state index contributed by atoms with van der Waals surface area (Å²) in [5, 5.41) is 3.67. The first-order valence-corrected chi connectivity index (χ1v) is 16.3. The minimum Gasteiger partial charge on any atom is -0.363 e. The third-order valence-corrected chi connectivity index (χ3v) is 9.06. The monoisotopic (exact) mass is 605 g/mol. The lowest BCUT2D eigenvalue weighted by molar-refractivity contribution is 0.728. The van der Waals surface area contributed by atoms with E-state index in [-0.39, 0.29) is 6.17 Å². The molecule has 0 spiro atoms. The number of rotatable bonds is 7. The van der Waals surface area contributed by atoms with Crippen LogP contribution in [0.3, 0.4) is 0 Å². The number of nitrogens with one attached hydrogen (secondary N) is 1. The number of hydrogen-bond donors (Lipinski definition) is 1. The number of anilines is 3. The predicted octanol–water partition coefficient (Wildman–Crippen LogP) is 11.7. The first-order valence-electron chi connectivity index (χ1n) is 16.3. The SMILES string of the molecule is CCC1Nc2ccccc2N1c1ccc(-c2ccccc2-c2ccc(-c3cc(-c4ccccc4)nc(-c4ccccc4)c3)cc2)cc1. The number of pyridine rings is 1. The summed E-state index contributed by atoms with van der Waals surface area (Å²) < 4.78 is 0. The lowest BCUT2D eigenvalue weighted by atomic mass is 9.93. The predicted molar refractivity (Wildman–Crippen MR) is 198 cm³/mol. The van der Waals surface area contributed by atoms with Crippen molar-refractivity contribution in [3.63, 3.8) is 0 Å². The van der Waals surface area contributed by atoms with Gasteiger partial charge >= 0.3 is 0 Å². The summed E-state index contributed by atoms with van der Waals surface area (Å²) >= 11 is 0. The molecule has 1 N–H and O–H groups in total. The molecule has 0 saturated carbocycles. The number of hydrogen-bond acceptors (Lipinski definition) is 3. The van der Waals surface area contributed by atoms with Gasteiger partial charge in [-0.25, -0.2) is 4.98 Å². The van der Waals surface area contributed by atoms with Crippen molar-refractivity contribution >= 4 is 17.1 Å². The molecule has 2 heterocycles. The minimum absolute atomic E-state index is 0.247. The number of para-hydroxylation sites is 2. The smallest absolute Gasteiger partial charge is 0.104 e. The summed E-state index contributed by atoms with van der Waals surface area (Å²) in [7, 11) is 0. The van der Waals surface area contributed by atoms with E-state index >= 15 is 0 Å². The van der Waals surface area contributed by atoms with Gasteiger partial charge in [-0.15, -0.1) is 0 Å². The van der Waals surface area contributed by atoms with Crippen LogP contribution in [0.15, 0.2) is 170 Å². The van der Waals surface area contributed by atoms with Crippen molar-refractivity contribution in [3.05, 3.63) is 170 Å². The van der Waals surface area contributed by atoms with Crippen LogP contribution in [0.1, 0.15) is 13.3 Å². The largest absolute Gasteiger partial charge is 0.363 e. The van der Waals surface area contributed by atoms with E-state index in [0.29, 0.717) is 0 Å². The Bertz CT molecular complexity index is 2080. The van der Waals surface area contributed by atoms with Crippen molar-refractivity contribution in [2.24, 2.45) is 0 Å². The molecule has 1 aromatic heterocycles. The van der Waals surface area contributed by atoms with Crippen molar-refractivity contribution in [3.8, 4) is 55.9 Å². The molecule has 1 aliphatic heterocycles. The summed E-state index contributed by atoms with van der Waals surface area (Å²) in [6.07, 6.45) is 1.26. The average Bonchev–Trinajstić information content (AvgIpc) is 3.54. The highest BCUT2D eigenvalue weighted by Gasteiger charge is 2.28. The zero-order chi connectivity index (χ0) is 31.6. The van der Waals surface area contributed by atoms with Crippen molar-refractivity contribution in [1.29, 1.82) is 0 Å². The zero-order valence-corrected chi connectivity index (χ0v) is 26.3. The molecule has 0 amide bonds. The Labute approximate surface area is 276 Å². The highest BCUT2D eigenvalue weighted by Crippen LogP contribution is 2.42. The van der Waals surface area contributed by atoms with Crippen LogP contribution in [0.5, 0.6) is 0 Å². The van der Waals surface area contributed by atoms with E-state index in [9.17, 15) is 0 Å². The molecule has 0 bridgehead atoms. The van der Waals surface area contributed by atoms with E-state index < -0.39 is 0 Å². The van der Waals surface area contributed by atoms with Gasteiger partial charge in [0.15, 0.2) is 0 Å². The lowest BCUT2D eigenvalue weighted by Gasteiger charge is -2.26. The van der Waals surface area contributed by atoms with Gasteiger partial charge in [0, 0.05) is 16.8 Å². The highest BCUT2D eigenvalue weighted by molar-refractivity contribution is 5.87. The Kier molecular flexibility index (Phi) is 7.56. The van der Waals surface area contributed by atoms with Crippen LogP contribution in [0, 0.1) is 0 Å². The van der Waals surface area contributed by atoms with Gasteiger partial charge < -0.3 is 10.2 Å². The lowest BCUT2D eigenvalue weighted by Crippen LogP contribution is -2.30. The summed E-state index contributed by atoms with van der Waals surface area (Å²) in [6, 6.07) is 60.4. The standard InChI is InChI=1S/C44H35N3/c1-2-44-46-40-19-11-12-20-43(40)47(44)37-27-25-33(26-28-37)39-18-10-9-17-38(39)32-23-21-31(22-24-32)36-29-41(34-13-5-3-6-14-34)45-42(30-36)35-15-7-4-8-16-35/h3-30,44,46H,2H2,1H3. The van der Waals surface area contributed by atoms with Crippen LogP contribution in [0.2, 0.25) is 0 Å². The van der Waals surface area contributed by atoms with Gasteiger partial charge in [-0.2, -0.15) is 0 Å². The molecule has 3 heteroatoms. The molecular formula is C44H35N3. The van der Waals surface area contributed by atoms with Crippen LogP contribution in [0.4, 0.5) is 17.1 Å². The molecule has 1 aliphatic rings. The molecule has 0 saturated heterocycles. The van der Waals surface area contributed by atoms with Gasteiger partial charge in [0.25, 0.3) is 0 Å². The molecule has 1 atom stereocenters. The Morgan fingerprint density at radius 3 is 1.55 bits per heavy atom. The molecular weight excluding hydrogens is 571 g/mol. The fraction of sp³-hybridized carbons (Fsp3) is 0.0682. The topological polar surface area (TPSA) is 28.2 Å². The van der Waals surface area contributed by atoms with E-state index in [1.165, 1.54) is 39.3 Å². The van der Waals surface area contributed by atoms with Gasteiger partial charge in [-0.3, -0.25) is 0 Å². The number of benzene rings is 6. The van der Waals surface area contributed by atoms with E-state index in [2.05, 4.69) is 175 Å². The van der Waals surface area contributed by atoms with Crippen molar-refractivity contribution in [1.82, 2.24) is 4.98 Å². The van der Waals surface area contributed by atoms with Crippen LogP contribution >= 0.6 is 0 Å². The van der Waals surface area contributed by atoms with Gasteiger partial charge in [-0.05, 0) is 76.2 Å². The Morgan fingerprint density at radius 1 is 0.489 bits per heavy atom. The van der Waals surface area contributed by atoms with Crippen LogP contribution in [-0.2, 0) is 0 Å². The zero-order valence-electron chi connectivity index (χ0n) is 26.3. The maximum atomic E-state index is 5.05. The highest BCUT2D eigenvalue weighted by atomic mass is 15.3. The van der Waals surface area contributed by atoms with E-state index in [1.54, 1.807) is 0 Å². The number of fused-ring (bicyclic) bond motifs is 1. The van der Waals surface area contributed by atoms with Crippen molar-refractivity contribution in [2.75, 3.05) is 10.2 Å². The van der Waals surface area contributed by atoms with E-state index in [1.807, 2.05) is 12.1 Å². The molecule has 0 radical (unpaired) electrons. The third-order valence-electron chi connectivity index (χ3n) is 9.06. The van der Waals surface area contributed by atoms with Crippen LogP contribution in [-0.4, -0.2) is 11.1 Å². The van der Waals surface area contributed by atoms with E-state index in [0.717, 1.165) is 40.1 Å². The van der Waals surface area contributed by atoms with Gasteiger partial charge in [0.05, 0.1) is 22.8 Å². The molecule has 6 aromatic carbocycles. The number of aromatic nitrogens is 1. The van der Waals surface area contributed by atoms with Gasteiger partial charge in [0.1, 0.15) is 6.17 Å². The first-order chi connectivity index (χ1) is 23.2.